The van der Waals surface area contributed by atoms with Crippen LogP contribution in [0.5, 0.6) is 0 Å². The van der Waals surface area contributed by atoms with Crippen LogP contribution in [0.3, 0.4) is 0 Å². The molecule has 1 heterocycles. The number of hydroxylamine groups is 1. The van der Waals surface area contributed by atoms with Gasteiger partial charge in [0.2, 0.25) is 6.29 Å². The highest BCUT2D eigenvalue weighted by Crippen LogP contribution is 1.99. The van der Waals surface area contributed by atoms with E-state index in [4.69, 9.17) is 0 Å². The van der Waals surface area contributed by atoms with Gasteiger partial charge in [-0.15, -0.1) is 0 Å². The molecule has 0 aromatic carbocycles. The highest BCUT2D eigenvalue weighted by atomic mass is 16.8. The molecule has 0 amide bonds. The Hall–Kier alpha value is -1.03. The maximum Gasteiger partial charge on any atom is 0.305 e. The van der Waals surface area contributed by atoms with E-state index >= 15 is 0 Å². The Labute approximate surface area is 52.4 Å². The molecule has 0 saturated carbocycles. The fraction of sp³-hybridized carbons (Fsp3) is 0.400. The number of nitrogens with one attached hydrogen (secondary N) is 1. The van der Waals surface area contributed by atoms with Crippen LogP contribution in [0, 0.1) is 0 Å². The minimum Gasteiger partial charge on any atom is -0.430 e. The molecule has 0 bridgehead atoms. The molecular formula is C5H7NO3. The number of hydrogen-bond donors (Lipinski definition) is 1. The molecule has 4 nitrogen and oxygen atoms in total. The zero-order valence-corrected chi connectivity index (χ0v) is 4.96. The van der Waals surface area contributed by atoms with Crippen LogP contribution >= 0.6 is 0 Å². The Morgan fingerprint density at radius 2 is 2.67 bits per heavy atom. The molecule has 50 valence electrons. The summed E-state index contributed by atoms with van der Waals surface area (Å²) < 4.78 is 4.60. The standard InChI is InChI=1S/C5H7NO3/c1-4(7)8-5-2-3-6-9-5/h2-3,5-6H,1H3. The quantitative estimate of drug-likeness (QED) is 0.503. The largest absolute Gasteiger partial charge is 0.430 e. The van der Waals surface area contributed by atoms with E-state index in [0.717, 1.165) is 0 Å². The second-order valence-corrected chi connectivity index (χ2v) is 1.57. The summed E-state index contributed by atoms with van der Waals surface area (Å²) in [4.78, 5) is 14.9. The number of carbonyl (C=O) groups is 1. The van der Waals surface area contributed by atoms with Crippen LogP contribution in [-0.2, 0) is 14.4 Å². The summed E-state index contributed by atoms with van der Waals surface area (Å²) in [5.41, 5.74) is 2.42. The van der Waals surface area contributed by atoms with Gasteiger partial charge in [0.15, 0.2) is 0 Å². The minimum absolute atomic E-state index is 0.353. The topological polar surface area (TPSA) is 47.6 Å². The van der Waals surface area contributed by atoms with Crippen molar-refractivity contribution in [2.75, 3.05) is 0 Å². The van der Waals surface area contributed by atoms with E-state index in [9.17, 15) is 4.79 Å². The van der Waals surface area contributed by atoms with Crippen molar-refractivity contribution >= 4 is 5.97 Å². The molecule has 1 unspecified atom stereocenters. The molecule has 0 spiro atoms. The summed E-state index contributed by atoms with van der Waals surface area (Å²) in [6.45, 7) is 1.33. The van der Waals surface area contributed by atoms with Crippen molar-refractivity contribution in [1.29, 1.82) is 0 Å². The van der Waals surface area contributed by atoms with Gasteiger partial charge < -0.3 is 4.74 Å². The average Bonchev–Trinajstić information content (AvgIpc) is 2.15. The zero-order valence-electron chi connectivity index (χ0n) is 4.96. The number of hydrogen-bond acceptors (Lipinski definition) is 4. The number of esters is 1. The SMILES string of the molecule is CC(=O)OC1C=CNO1. The first kappa shape index (κ1) is 6.10. The highest BCUT2D eigenvalue weighted by molar-refractivity contribution is 5.66. The lowest BCUT2D eigenvalue weighted by molar-refractivity contribution is -0.169. The molecule has 9 heavy (non-hydrogen) atoms. The van der Waals surface area contributed by atoms with Crippen molar-refractivity contribution in [2.24, 2.45) is 0 Å². The van der Waals surface area contributed by atoms with Crippen molar-refractivity contribution in [1.82, 2.24) is 5.48 Å². The Balaban J connectivity index is 2.28. The van der Waals surface area contributed by atoms with Gasteiger partial charge in [0.25, 0.3) is 0 Å². The maximum atomic E-state index is 10.2. The Bertz CT molecular complexity index is 143. The van der Waals surface area contributed by atoms with E-state index in [1.807, 2.05) is 0 Å². The molecule has 1 aliphatic heterocycles. The van der Waals surface area contributed by atoms with Gasteiger partial charge in [-0.1, -0.05) is 0 Å². The van der Waals surface area contributed by atoms with Crippen molar-refractivity contribution in [3.8, 4) is 0 Å². The highest BCUT2D eigenvalue weighted by Gasteiger charge is 2.11. The molecule has 1 N–H and O–H groups in total. The summed E-state index contributed by atoms with van der Waals surface area (Å²) in [5.74, 6) is -0.353. The van der Waals surface area contributed by atoms with Crippen LogP contribution in [0.25, 0.3) is 0 Å². The summed E-state index contributed by atoms with van der Waals surface area (Å²) in [6.07, 6.45) is 2.61. The second kappa shape index (κ2) is 2.50. The van der Waals surface area contributed by atoms with Gasteiger partial charge >= 0.3 is 5.97 Å². The van der Waals surface area contributed by atoms with Crippen LogP contribution in [0.2, 0.25) is 0 Å². The number of ether oxygens (including phenoxy) is 1. The van der Waals surface area contributed by atoms with Crippen LogP contribution in [0.15, 0.2) is 12.3 Å². The molecule has 1 atom stereocenters. The lowest BCUT2D eigenvalue weighted by Crippen LogP contribution is -2.16. The summed E-state index contributed by atoms with van der Waals surface area (Å²) in [5, 5.41) is 0. The van der Waals surface area contributed by atoms with Gasteiger partial charge in [-0.05, 0) is 0 Å². The molecule has 0 radical (unpaired) electrons. The summed E-state index contributed by atoms with van der Waals surface area (Å²) in [7, 11) is 0. The van der Waals surface area contributed by atoms with Gasteiger partial charge in [0, 0.05) is 19.2 Å². The molecular weight excluding hydrogens is 122 g/mol. The monoisotopic (exact) mass is 129 g/mol. The molecule has 4 heteroatoms. The fourth-order valence-electron chi connectivity index (χ4n) is 0.490. The van der Waals surface area contributed by atoms with Crippen molar-refractivity contribution in [2.45, 2.75) is 13.2 Å². The minimum atomic E-state index is -0.553. The molecule has 0 fully saturated rings. The van der Waals surface area contributed by atoms with E-state index in [1.165, 1.54) is 6.92 Å². The molecule has 0 aliphatic carbocycles. The number of carbonyl (C=O) groups excluding carboxylic acids is 1. The van der Waals surface area contributed by atoms with Crippen molar-refractivity contribution in [3.05, 3.63) is 12.3 Å². The third-order valence-corrected chi connectivity index (χ3v) is 0.788. The van der Waals surface area contributed by atoms with Crippen LogP contribution in [0.4, 0.5) is 0 Å². The maximum absolute atomic E-state index is 10.2. The Kier molecular flexibility index (Phi) is 1.69. The molecule has 1 aliphatic rings. The summed E-state index contributed by atoms with van der Waals surface area (Å²) >= 11 is 0. The zero-order chi connectivity index (χ0) is 6.69. The van der Waals surface area contributed by atoms with Gasteiger partial charge in [0.05, 0.1) is 0 Å². The normalized spacial score (nSPS) is 23.4. The van der Waals surface area contributed by atoms with E-state index in [-0.39, 0.29) is 5.97 Å². The lowest BCUT2D eigenvalue weighted by Gasteiger charge is -2.05. The smallest absolute Gasteiger partial charge is 0.305 e. The molecule has 0 saturated heterocycles. The second-order valence-electron chi connectivity index (χ2n) is 1.57. The number of rotatable bonds is 1. The predicted molar refractivity (Wildman–Crippen MR) is 28.9 cm³/mol. The van der Waals surface area contributed by atoms with Crippen molar-refractivity contribution in [3.63, 3.8) is 0 Å². The van der Waals surface area contributed by atoms with Crippen LogP contribution < -0.4 is 5.48 Å². The first-order valence-electron chi connectivity index (χ1n) is 2.54. The Morgan fingerprint density at radius 1 is 1.89 bits per heavy atom. The van der Waals surface area contributed by atoms with Gasteiger partial charge in [-0.3, -0.25) is 10.3 Å². The van der Waals surface area contributed by atoms with Gasteiger partial charge in [-0.25, -0.2) is 4.84 Å². The fourth-order valence-corrected chi connectivity index (χ4v) is 0.490. The van der Waals surface area contributed by atoms with Gasteiger partial charge in [-0.2, -0.15) is 0 Å². The Morgan fingerprint density at radius 3 is 3.11 bits per heavy atom. The van der Waals surface area contributed by atoms with Gasteiger partial charge in [0.1, 0.15) is 0 Å². The third kappa shape index (κ3) is 1.73. The van der Waals surface area contributed by atoms with Crippen LogP contribution in [0.1, 0.15) is 6.92 Å². The van der Waals surface area contributed by atoms with E-state index < -0.39 is 6.29 Å². The van der Waals surface area contributed by atoms with E-state index in [1.54, 1.807) is 12.3 Å². The lowest BCUT2D eigenvalue weighted by atomic mass is 10.6. The first-order valence-corrected chi connectivity index (χ1v) is 2.54. The van der Waals surface area contributed by atoms with Crippen molar-refractivity contribution < 1.29 is 14.4 Å². The summed E-state index contributed by atoms with van der Waals surface area (Å²) in [6, 6.07) is 0. The van der Waals surface area contributed by atoms with Crippen LogP contribution in [-0.4, -0.2) is 12.3 Å². The first-order chi connectivity index (χ1) is 4.29. The molecule has 0 aromatic heterocycles. The van der Waals surface area contributed by atoms with E-state index in [2.05, 4.69) is 15.1 Å². The van der Waals surface area contributed by atoms with E-state index in [0.29, 0.717) is 0 Å². The molecule has 0 aromatic rings. The average molecular weight is 129 g/mol. The predicted octanol–water partition coefficient (Wildman–Crippen LogP) is -0.0759. The third-order valence-electron chi connectivity index (χ3n) is 0.788. The molecule has 1 rings (SSSR count).